The number of nitrogens with one attached hydrogen (secondary N) is 1. The molecular formula is C19H26F3N3O4S. The van der Waals surface area contributed by atoms with Gasteiger partial charge in [-0.1, -0.05) is 6.07 Å². The van der Waals surface area contributed by atoms with Crippen molar-refractivity contribution in [3.8, 4) is 0 Å². The van der Waals surface area contributed by atoms with E-state index in [1.165, 1.54) is 4.88 Å². The van der Waals surface area contributed by atoms with Crippen molar-refractivity contribution >= 4 is 23.3 Å². The fourth-order valence-corrected chi connectivity index (χ4v) is 4.44. The molecule has 1 aromatic heterocycles. The number of carboxylic acid groups (broad SMARTS) is 1. The second-order valence-corrected chi connectivity index (χ2v) is 9.07. The first kappa shape index (κ1) is 22.8. The molecule has 4 rings (SSSR count). The number of carboxylic acids is 1. The van der Waals surface area contributed by atoms with Gasteiger partial charge in [0.05, 0.1) is 13.2 Å². The molecule has 0 aromatic carbocycles. The van der Waals surface area contributed by atoms with E-state index < -0.39 is 12.1 Å². The van der Waals surface area contributed by atoms with Crippen LogP contribution in [0.25, 0.3) is 0 Å². The molecule has 2 saturated heterocycles. The Bertz CT molecular complexity index is 727. The highest BCUT2D eigenvalue weighted by Gasteiger charge is 2.42. The molecular weight excluding hydrogens is 423 g/mol. The lowest BCUT2D eigenvalue weighted by Gasteiger charge is -2.32. The Morgan fingerprint density at radius 1 is 1.30 bits per heavy atom. The maximum Gasteiger partial charge on any atom is 0.490 e. The van der Waals surface area contributed by atoms with Gasteiger partial charge in [0.1, 0.15) is 0 Å². The van der Waals surface area contributed by atoms with Crippen LogP contribution in [0.5, 0.6) is 0 Å². The molecule has 1 aromatic rings. The average Bonchev–Trinajstić information content (AvgIpc) is 3.24. The van der Waals surface area contributed by atoms with Gasteiger partial charge >= 0.3 is 18.2 Å². The Labute approximate surface area is 176 Å². The van der Waals surface area contributed by atoms with Crippen molar-refractivity contribution in [1.29, 1.82) is 0 Å². The summed E-state index contributed by atoms with van der Waals surface area (Å²) in [6.45, 7) is 6.12. The van der Waals surface area contributed by atoms with E-state index in [9.17, 15) is 18.0 Å². The van der Waals surface area contributed by atoms with Crippen LogP contribution < -0.4 is 5.32 Å². The van der Waals surface area contributed by atoms with Crippen molar-refractivity contribution < 1.29 is 32.6 Å². The number of rotatable bonds is 3. The Morgan fingerprint density at radius 3 is 2.63 bits per heavy atom. The van der Waals surface area contributed by atoms with Crippen molar-refractivity contribution in [2.45, 2.75) is 38.0 Å². The third kappa shape index (κ3) is 6.58. The summed E-state index contributed by atoms with van der Waals surface area (Å²) < 4.78 is 37.6. The average molecular weight is 449 g/mol. The standard InChI is InChI=1S/C17H25N3O2S.C2HF3O2/c21-16(18-14-3-4-14)20-7-8-22-13-17(12-20)5-6-19(11-17)10-15-2-1-9-23-15;3-2(4,5)1(6)7/h1-2,9,14H,3-8,10-13H2,(H,18,21);(H,6,7). The Kier molecular flexibility index (Phi) is 7.25. The first-order valence-corrected chi connectivity index (χ1v) is 10.7. The van der Waals surface area contributed by atoms with E-state index in [1.54, 1.807) is 0 Å². The molecule has 1 saturated carbocycles. The van der Waals surface area contributed by atoms with Crippen LogP contribution >= 0.6 is 11.3 Å². The van der Waals surface area contributed by atoms with Gasteiger partial charge in [-0.25, -0.2) is 9.59 Å². The van der Waals surface area contributed by atoms with Gasteiger partial charge in [0.25, 0.3) is 0 Å². The quantitative estimate of drug-likeness (QED) is 0.742. The maximum atomic E-state index is 12.4. The molecule has 1 unspecified atom stereocenters. The minimum atomic E-state index is -5.08. The number of halogens is 3. The number of carbonyl (C=O) groups is 2. The molecule has 11 heteroatoms. The molecule has 2 aliphatic heterocycles. The van der Waals surface area contributed by atoms with Gasteiger partial charge < -0.3 is 20.1 Å². The summed E-state index contributed by atoms with van der Waals surface area (Å²) >= 11 is 1.82. The maximum absolute atomic E-state index is 12.4. The summed E-state index contributed by atoms with van der Waals surface area (Å²) in [5.74, 6) is -2.76. The summed E-state index contributed by atoms with van der Waals surface area (Å²) in [7, 11) is 0. The molecule has 3 heterocycles. The lowest BCUT2D eigenvalue weighted by Crippen LogP contribution is -2.47. The zero-order valence-electron chi connectivity index (χ0n) is 16.5. The molecule has 1 atom stereocenters. The number of urea groups is 1. The monoisotopic (exact) mass is 449 g/mol. The summed E-state index contributed by atoms with van der Waals surface area (Å²) in [5.41, 5.74) is 0.106. The van der Waals surface area contributed by atoms with Crippen LogP contribution in [-0.2, 0) is 16.1 Å². The van der Waals surface area contributed by atoms with E-state index >= 15 is 0 Å². The van der Waals surface area contributed by atoms with Crippen molar-refractivity contribution in [2.75, 3.05) is 39.4 Å². The molecule has 168 valence electrons. The lowest BCUT2D eigenvalue weighted by atomic mass is 9.87. The number of likely N-dealkylation sites (tertiary alicyclic amines) is 1. The molecule has 30 heavy (non-hydrogen) atoms. The number of hydrogen-bond donors (Lipinski definition) is 2. The number of hydrogen-bond acceptors (Lipinski definition) is 5. The molecule has 0 radical (unpaired) electrons. The summed E-state index contributed by atoms with van der Waals surface area (Å²) in [4.78, 5) is 27.2. The van der Waals surface area contributed by atoms with Crippen molar-refractivity contribution in [3.63, 3.8) is 0 Å². The fraction of sp³-hybridized carbons (Fsp3) is 0.684. The minimum Gasteiger partial charge on any atom is -0.475 e. The van der Waals surface area contributed by atoms with E-state index in [0.29, 0.717) is 19.2 Å². The topological polar surface area (TPSA) is 82.1 Å². The third-order valence-electron chi connectivity index (χ3n) is 5.35. The number of amides is 2. The molecule has 2 N–H and O–H groups in total. The number of alkyl halides is 3. The predicted molar refractivity (Wildman–Crippen MR) is 104 cm³/mol. The Morgan fingerprint density at radius 2 is 2.03 bits per heavy atom. The highest BCUT2D eigenvalue weighted by atomic mass is 32.1. The molecule has 7 nitrogen and oxygen atoms in total. The van der Waals surface area contributed by atoms with Crippen LogP contribution in [0, 0.1) is 5.41 Å². The first-order valence-electron chi connectivity index (χ1n) is 9.85. The highest BCUT2D eigenvalue weighted by Crippen LogP contribution is 2.34. The first-order chi connectivity index (χ1) is 14.2. The fourth-order valence-electron chi connectivity index (χ4n) is 3.69. The molecule has 1 spiro atoms. The van der Waals surface area contributed by atoms with Crippen LogP contribution in [0.2, 0.25) is 0 Å². The zero-order chi connectivity index (χ0) is 21.8. The van der Waals surface area contributed by atoms with Crippen molar-refractivity contribution in [3.05, 3.63) is 22.4 Å². The summed E-state index contributed by atoms with van der Waals surface area (Å²) in [6, 6.07) is 4.84. The number of nitrogens with zero attached hydrogens (tertiary/aromatic N) is 2. The smallest absolute Gasteiger partial charge is 0.475 e. The van der Waals surface area contributed by atoms with E-state index in [4.69, 9.17) is 14.6 Å². The number of ether oxygens (including phenoxy) is 1. The predicted octanol–water partition coefficient (Wildman–Crippen LogP) is 2.78. The van der Waals surface area contributed by atoms with Crippen LogP contribution in [-0.4, -0.2) is 78.5 Å². The van der Waals surface area contributed by atoms with E-state index in [-0.39, 0.29) is 11.4 Å². The van der Waals surface area contributed by atoms with Crippen LogP contribution in [0.1, 0.15) is 24.1 Å². The Balaban J connectivity index is 0.000000318. The highest BCUT2D eigenvalue weighted by molar-refractivity contribution is 7.09. The van der Waals surface area contributed by atoms with Gasteiger partial charge in [-0.3, -0.25) is 4.90 Å². The number of carbonyl (C=O) groups excluding carboxylic acids is 1. The van der Waals surface area contributed by atoms with Crippen LogP contribution in [0.15, 0.2) is 17.5 Å². The van der Waals surface area contributed by atoms with E-state index in [2.05, 4.69) is 27.7 Å². The molecule has 2 amide bonds. The van der Waals surface area contributed by atoms with Gasteiger partial charge in [0.2, 0.25) is 0 Å². The Hall–Kier alpha value is -1.85. The third-order valence-corrected chi connectivity index (χ3v) is 6.21. The van der Waals surface area contributed by atoms with Crippen molar-refractivity contribution in [2.24, 2.45) is 5.41 Å². The SMILES string of the molecule is O=C(NC1CC1)N1CCOCC2(CCN(Cc3cccs3)C2)C1.O=C(O)C(F)(F)F. The lowest BCUT2D eigenvalue weighted by molar-refractivity contribution is -0.192. The number of aliphatic carboxylic acids is 1. The molecule has 1 aliphatic carbocycles. The summed E-state index contributed by atoms with van der Waals surface area (Å²) in [6.07, 6.45) is -1.70. The van der Waals surface area contributed by atoms with E-state index in [1.807, 2.05) is 16.2 Å². The minimum absolute atomic E-state index is 0.106. The van der Waals surface area contributed by atoms with Gasteiger partial charge in [-0.2, -0.15) is 13.2 Å². The van der Waals surface area contributed by atoms with Crippen molar-refractivity contribution in [1.82, 2.24) is 15.1 Å². The van der Waals surface area contributed by atoms with Gasteiger partial charge in [0, 0.05) is 42.5 Å². The van der Waals surface area contributed by atoms with Gasteiger partial charge in [0.15, 0.2) is 0 Å². The number of thiophene rings is 1. The molecule has 0 bridgehead atoms. The van der Waals surface area contributed by atoms with E-state index in [0.717, 1.165) is 52.0 Å². The molecule has 3 fully saturated rings. The second kappa shape index (κ2) is 9.52. The van der Waals surface area contributed by atoms with Crippen LogP contribution in [0.3, 0.4) is 0 Å². The van der Waals surface area contributed by atoms with Gasteiger partial charge in [-0.15, -0.1) is 11.3 Å². The normalized spacial score (nSPS) is 24.8. The van der Waals surface area contributed by atoms with Gasteiger partial charge in [-0.05, 0) is 37.3 Å². The largest absolute Gasteiger partial charge is 0.490 e. The molecule has 3 aliphatic rings. The zero-order valence-corrected chi connectivity index (χ0v) is 17.3. The summed E-state index contributed by atoms with van der Waals surface area (Å²) in [5, 5.41) is 12.4. The van der Waals surface area contributed by atoms with Crippen LogP contribution in [0.4, 0.5) is 18.0 Å². The second-order valence-electron chi connectivity index (χ2n) is 8.04.